The Balaban J connectivity index is 1.89. The van der Waals surface area contributed by atoms with Crippen LogP contribution >= 0.6 is 0 Å². The SMILES string of the molecule is COc1cc(NC(=O)COC(=O)/C=C/c2ccc(OC(F)F)cc2)cc(OC)c1OC. The lowest BCUT2D eigenvalue weighted by Gasteiger charge is -2.14. The molecule has 0 unspecified atom stereocenters. The largest absolute Gasteiger partial charge is 0.493 e. The van der Waals surface area contributed by atoms with Gasteiger partial charge in [-0.15, -0.1) is 0 Å². The van der Waals surface area contributed by atoms with E-state index >= 15 is 0 Å². The van der Waals surface area contributed by atoms with E-state index in [1.165, 1.54) is 63.8 Å². The second kappa shape index (κ2) is 11.4. The van der Waals surface area contributed by atoms with Crippen molar-refractivity contribution in [2.24, 2.45) is 0 Å². The van der Waals surface area contributed by atoms with E-state index in [-0.39, 0.29) is 5.75 Å². The summed E-state index contributed by atoms with van der Waals surface area (Å²) in [6.45, 7) is -3.44. The molecule has 0 saturated carbocycles. The van der Waals surface area contributed by atoms with Crippen LogP contribution in [0.4, 0.5) is 14.5 Å². The average Bonchev–Trinajstić information content (AvgIpc) is 2.76. The molecule has 0 radical (unpaired) electrons. The minimum atomic E-state index is -2.91. The smallest absolute Gasteiger partial charge is 0.387 e. The van der Waals surface area contributed by atoms with E-state index < -0.39 is 25.1 Å². The van der Waals surface area contributed by atoms with E-state index in [1.807, 2.05) is 0 Å². The molecule has 1 amide bonds. The molecule has 1 N–H and O–H groups in total. The van der Waals surface area contributed by atoms with Gasteiger partial charge in [0.15, 0.2) is 18.1 Å². The molecule has 0 saturated heterocycles. The first-order valence-electron chi connectivity index (χ1n) is 8.85. The number of benzene rings is 2. The van der Waals surface area contributed by atoms with Crippen LogP contribution in [0.15, 0.2) is 42.5 Å². The molecule has 0 bridgehead atoms. The summed E-state index contributed by atoms with van der Waals surface area (Å²) in [7, 11) is 4.34. The van der Waals surface area contributed by atoms with Crippen molar-refractivity contribution in [1.29, 1.82) is 0 Å². The minimum Gasteiger partial charge on any atom is -0.493 e. The molecule has 0 aliphatic carbocycles. The van der Waals surface area contributed by atoms with Crippen molar-refractivity contribution in [3.63, 3.8) is 0 Å². The second-order valence-corrected chi connectivity index (χ2v) is 5.85. The molecule has 0 fully saturated rings. The zero-order valence-electron chi connectivity index (χ0n) is 17.0. The number of carbonyl (C=O) groups is 2. The number of carbonyl (C=O) groups excluding carboxylic acids is 2. The maximum atomic E-state index is 12.1. The molecule has 0 heterocycles. The predicted octanol–water partition coefficient (Wildman–Crippen LogP) is 3.51. The number of anilines is 1. The van der Waals surface area contributed by atoms with Crippen LogP contribution < -0.4 is 24.3 Å². The lowest BCUT2D eigenvalue weighted by molar-refractivity contribution is -0.142. The molecular formula is C21H21F2NO7. The number of esters is 1. The van der Waals surface area contributed by atoms with Crippen molar-refractivity contribution >= 4 is 23.6 Å². The van der Waals surface area contributed by atoms with E-state index in [0.29, 0.717) is 28.5 Å². The molecule has 0 aromatic heterocycles. The Morgan fingerprint density at radius 1 is 1.00 bits per heavy atom. The van der Waals surface area contributed by atoms with Crippen LogP contribution in [-0.2, 0) is 14.3 Å². The molecule has 2 rings (SSSR count). The topological polar surface area (TPSA) is 92.3 Å². The van der Waals surface area contributed by atoms with Crippen molar-refractivity contribution in [1.82, 2.24) is 0 Å². The predicted molar refractivity (Wildman–Crippen MR) is 108 cm³/mol. The molecule has 10 heteroatoms. The van der Waals surface area contributed by atoms with Gasteiger partial charge in [-0.05, 0) is 23.8 Å². The molecular weight excluding hydrogens is 416 g/mol. The number of amides is 1. The fraction of sp³-hybridized carbons (Fsp3) is 0.238. The number of halogens is 2. The van der Waals surface area contributed by atoms with E-state index in [4.69, 9.17) is 18.9 Å². The first-order valence-corrected chi connectivity index (χ1v) is 8.85. The second-order valence-electron chi connectivity index (χ2n) is 5.85. The van der Waals surface area contributed by atoms with E-state index in [2.05, 4.69) is 10.1 Å². The van der Waals surface area contributed by atoms with Crippen LogP contribution in [0.2, 0.25) is 0 Å². The molecule has 0 aliphatic rings. The first kappa shape index (κ1) is 23.5. The summed E-state index contributed by atoms with van der Waals surface area (Å²) in [4.78, 5) is 23.9. The van der Waals surface area contributed by atoms with Crippen LogP contribution in [0.3, 0.4) is 0 Å². The maximum absolute atomic E-state index is 12.1. The third-order valence-electron chi connectivity index (χ3n) is 3.81. The van der Waals surface area contributed by atoms with Crippen LogP contribution in [0.25, 0.3) is 6.08 Å². The monoisotopic (exact) mass is 437 g/mol. The van der Waals surface area contributed by atoms with E-state index in [0.717, 1.165) is 6.08 Å². The zero-order valence-corrected chi connectivity index (χ0v) is 17.0. The molecule has 0 spiro atoms. The third-order valence-corrected chi connectivity index (χ3v) is 3.81. The number of hydrogen-bond donors (Lipinski definition) is 1. The number of methoxy groups -OCH3 is 3. The van der Waals surface area contributed by atoms with Crippen LogP contribution in [0, 0.1) is 0 Å². The van der Waals surface area contributed by atoms with Gasteiger partial charge in [0, 0.05) is 23.9 Å². The van der Waals surface area contributed by atoms with Gasteiger partial charge in [0.1, 0.15) is 5.75 Å². The summed E-state index contributed by atoms with van der Waals surface area (Å²) in [5.74, 6) is -0.270. The molecule has 166 valence electrons. The zero-order chi connectivity index (χ0) is 22.8. The lowest BCUT2D eigenvalue weighted by atomic mass is 10.2. The summed E-state index contributed by atoms with van der Waals surface area (Å²) in [6.07, 6.45) is 2.52. The van der Waals surface area contributed by atoms with Gasteiger partial charge in [-0.2, -0.15) is 8.78 Å². The van der Waals surface area contributed by atoms with Gasteiger partial charge < -0.3 is 29.0 Å². The molecule has 0 atom stereocenters. The number of hydrogen-bond acceptors (Lipinski definition) is 7. The summed E-state index contributed by atoms with van der Waals surface area (Å²) < 4.78 is 49.0. The number of rotatable bonds is 10. The number of nitrogens with one attached hydrogen (secondary N) is 1. The summed E-state index contributed by atoms with van der Waals surface area (Å²) >= 11 is 0. The van der Waals surface area contributed by atoms with Crippen molar-refractivity contribution in [2.45, 2.75) is 6.61 Å². The molecule has 2 aromatic rings. The van der Waals surface area contributed by atoms with Gasteiger partial charge in [-0.3, -0.25) is 4.79 Å². The summed E-state index contributed by atoms with van der Waals surface area (Å²) in [5, 5.41) is 2.56. The quantitative estimate of drug-likeness (QED) is 0.449. The molecule has 8 nitrogen and oxygen atoms in total. The molecule has 2 aromatic carbocycles. The van der Waals surface area contributed by atoms with Crippen molar-refractivity contribution in [3.05, 3.63) is 48.0 Å². The normalized spacial score (nSPS) is 10.6. The van der Waals surface area contributed by atoms with Crippen LogP contribution in [0.5, 0.6) is 23.0 Å². The van der Waals surface area contributed by atoms with Gasteiger partial charge >= 0.3 is 12.6 Å². The summed E-state index contributed by atoms with van der Waals surface area (Å²) in [5.41, 5.74) is 0.914. The van der Waals surface area contributed by atoms with Crippen molar-refractivity contribution in [3.8, 4) is 23.0 Å². The maximum Gasteiger partial charge on any atom is 0.387 e. The summed E-state index contributed by atoms with van der Waals surface area (Å²) in [6, 6.07) is 8.70. The van der Waals surface area contributed by atoms with Crippen LogP contribution in [0.1, 0.15) is 5.56 Å². The lowest BCUT2D eigenvalue weighted by Crippen LogP contribution is -2.20. The van der Waals surface area contributed by atoms with Gasteiger partial charge in [-0.25, -0.2) is 4.79 Å². The van der Waals surface area contributed by atoms with Crippen LogP contribution in [-0.4, -0.2) is 46.4 Å². The average molecular weight is 437 g/mol. The fourth-order valence-electron chi connectivity index (χ4n) is 2.46. The Bertz CT molecular complexity index is 905. The Morgan fingerprint density at radius 2 is 1.61 bits per heavy atom. The Morgan fingerprint density at radius 3 is 2.13 bits per heavy atom. The van der Waals surface area contributed by atoms with Gasteiger partial charge in [0.2, 0.25) is 5.75 Å². The Kier molecular flexibility index (Phi) is 8.62. The Labute approximate surface area is 177 Å². The highest BCUT2D eigenvalue weighted by Crippen LogP contribution is 2.39. The van der Waals surface area contributed by atoms with Gasteiger partial charge in [0.05, 0.1) is 21.3 Å². The van der Waals surface area contributed by atoms with Crippen molar-refractivity contribution in [2.75, 3.05) is 33.3 Å². The highest BCUT2D eigenvalue weighted by Gasteiger charge is 2.15. The number of ether oxygens (including phenoxy) is 5. The molecule has 0 aliphatic heterocycles. The first-order chi connectivity index (χ1) is 14.9. The third kappa shape index (κ3) is 7.18. The fourth-order valence-corrected chi connectivity index (χ4v) is 2.46. The van der Waals surface area contributed by atoms with Crippen molar-refractivity contribution < 1.29 is 42.1 Å². The molecule has 31 heavy (non-hydrogen) atoms. The Hall–Kier alpha value is -3.82. The minimum absolute atomic E-state index is 0.00168. The highest BCUT2D eigenvalue weighted by molar-refractivity contribution is 5.95. The number of alkyl halides is 2. The van der Waals surface area contributed by atoms with Gasteiger partial charge in [-0.1, -0.05) is 12.1 Å². The van der Waals surface area contributed by atoms with E-state index in [9.17, 15) is 18.4 Å². The highest BCUT2D eigenvalue weighted by atomic mass is 19.3. The van der Waals surface area contributed by atoms with E-state index in [1.54, 1.807) is 0 Å². The standard InChI is InChI=1S/C21H21F2NO7/c1-27-16-10-14(11-17(28-2)20(16)29-3)24-18(25)12-30-19(26)9-6-13-4-7-15(8-5-13)31-21(22)23/h4-11,21H,12H2,1-3H3,(H,24,25)/b9-6+. The van der Waals surface area contributed by atoms with Gasteiger partial charge in [0.25, 0.3) is 5.91 Å².